The van der Waals surface area contributed by atoms with Gasteiger partial charge in [0.05, 0.1) is 12.1 Å². The highest BCUT2D eigenvalue weighted by Gasteiger charge is 2.35. The molecule has 0 spiro atoms. The summed E-state index contributed by atoms with van der Waals surface area (Å²) in [6.07, 6.45) is 8.01. The van der Waals surface area contributed by atoms with Gasteiger partial charge in [-0.15, -0.1) is 0 Å². The van der Waals surface area contributed by atoms with Crippen LogP contribution in [-0.2, 0) is 16.0 Å². The molecule has 1 aromatic rings. The number of piperazine rings is 1. The van der Waals surface area contributed by atoms with Gasteiger partial charge in [0.15, 0.2) is 0 Å². The van der Waals surface area contributed by atoms with Gasteiger partial charge in [0, 0.05) is 19.3 Å². The first-order valence-corrected chi connectivity index (χ1v) is 8.81. The summed E-state index contributed by atoms with van der Waals surface area (Å²) in [6, 6.07) is 2.38. The number of hydrogen-bond donors (Lipinski definition) is 1. The van der Waals surface area contributed by atoms with E-state index in [1.807, 2.05) is 0 Å². The summed E-state index contributed by atoms with van der Waals surface area (Å²) in [4.78, 5) is 30.5. The summed E-state index contributed by atoms with van der Waals surface area (Å²) >= 11 is 0. The highest BCUT2D eigenvalue weighted by atomic mass is 19.1. The lowest BCUT2D eigenvalue weighted by Crippen LogP contribution is -2.58. The fourth-order valence-electron chi connectivity index (χ4n) is 3.78. The van der Waals surface area contributed by atoms with Gasteiger partial charge in [0.1, 0.15) is 11.9 Å². The van der Waals surface area contributed by atoms with E-state index in [9.17, 15) is 14.0 Å². The zero-order valence-corrected chi connectivity index (χ0v) is 13.8. The number of pyridine rings is 1. The van der Waals surface area contributed by atoms with Crippen LogP contribution < -0.4 is 5.32 Å². The van der Waals surface area contributed by atoms with Gasteiger partial charge in [-0.2, -0.15) is 0 Å². The normalized spacial score (nSPS) is 22.3. The molecule has 6 heteroatoms. The molecule has 130 valence electrons. The van der Waals surface area contributed by atoms with E-state index in [-0.39, 0.29) is 23.9 Å². The van der Waals surface area contributed by atoms with Crippen LogP contribution in [-0.4, -0.2) is 40.8 Å². The van der Waals surface area contributed by atoms with Crippen molar-refractivity contribution in [1.29, 1.82) is 0 Å². The van der Waals surface area contributed by atoms with Crippen molar-refractivity contribution >= 4 is 11.8 Å². The summed E-state index contributed by atoms with van der Waals surface area (Å²) < 4.78 is 13.8. The number of halogens is 1. The molecule has 2 amide bonds. The fourth-order valence-corrected chi connectivity index (χ4v) is 3.78. The Hall–Kier alpha value is -1.98. The maximum Gasteiger partial charge on any atom is 0.242 e. The molecular weight excluding hydrogens is 309 g/mol. The molecule has 0 radical (unpaired) electrons. The first-order valence-electron chi connectivity index (χ1n) is 8.81. The van der Waals surface area contributed by atoms with E-state index >= 15 is 0 Å². The minimum absolute atomic E-state index is 0.0818. The Morgan fingerprint density at radius 2 is 2.12 bits per heavy atom. The maximum atomic E-state index is 13.8. The van der Waals surface area contributed by atoms with Gasteiger partial charge in [-0.1, -0.05) is 32.1 Å². The van der Waals surface area contributed by atoms with Crippen LogP contribution in [0.15, 0.2) is 18.3 Å². The molecule has 1 aliphatic carbocycles. The third kappa shape index (κ3) is 3.91. The van der Waals surface area contributed by atoms with Crippen LogP contribution in [0.1, 0.15) is 44.2 Å². The molecule has 1 atom stereocenters. The molecule has 2 aliphatic rings. The topological polar surface area (TPSA) is 62.3 Å². The lowest BCUT2D eigenvalue weighted by atomic mass is 9.84. The standard InChI is InChI=1S/C18H24FN3O2/c19-14-7-4-8-20-15(14)12-17(23)22-10-9-21-18(24)16(22)11-13-5-2-1-3-6-13/h4,7-8,13,16H,1-3,5-6,9-12H2,(H,21,24). The first kappa shape index (κ1) is 16.9. The first-order chi connectivity index (χ1) is 11.6. The molecule has 1 aromatic heterocycles. The summed E-state index contributed by atoms with van der Waals surface area (Å²) in [5, 5.41) is 2.86. The lowest BCUT2D eigenvalue weighted by molar-refractivity contribution is -0.143. The molecule has 1 unspecified atom stereocenters. The number of carbonyl (C=O) groups excluding carboxylic acids is 2. The number of nitrogens with zero attached hydrogens (tertiary/aromatic N) is 2. The van der Waals surface area contributed by atoms with Crippen molar-refractivity contribution < 1.29 is 14.0 Å². The van der Waals surface area contributed by atoms with Gasteiger partial charge in [0.25, 0.3) is 0 Å². The highest BCUT2D eigenvalue weighted by Crippen LogP contribution is 2.29. The molecule has 1 N–H and O–H groups in total. The van der Waals surface area contributed by atoms with E-state index in [0.29, 0.717) is 25.4 Å². The van der Waals surface area contributed by atoms with E-state index in [0.717, 1.165) is 12.8 Å². The number of carbonyl (C=O) groups is 2. The second-order valence-corrected chi connectivity index (χ2v) is 6.74. The minimum atomic E-state index is -0.476. The van der Waals surface area contributed by atoms with E-state index in [1.165, 1.54) is 37.6 Å². The quantitative estimate of drug-likeness (QED) is 0.917. The monoisotopic (exact) mass is 333 g/mol. The predicted octanol–water partition coefficient (Wildman–Crippen LogP) is 2.06. The Labute approximate surface area is 141 Å². The van der Waals surface area contributed by atoms with Crippen LogP contribution in [0.25, 0.3) is 0 Å². The zero-order chi connectivity index (χ0) is 16.9. The average Bonchev–Trinajstić information content (AvgIpc) is 2.59. The number of hydrogen-bond acceptors (Lipinski definition) is 3. The molecule has 5 nitrogen and oxygen atoms in total. The zero-order valence-electron chi connectivity index (χ0n) is 13.8. The average molecular weight is 333 g/mol. The molecule has 0 aromatic carbocycles. The molecule has 1 aliphatic heterocycles. The second kappa shape index (κ2) is 7.73. The highest BCUT2D eigenvalue weighted by molar-refractivity contribution is 5.89. The Bertz CT molecular complexity index is 602. The van der Waals surface area contributed by atoms with Crippen LogP contribution in [0.5, 0.6) is 0 Å². The number of rotatable bonds is 4. The van der Waals surface area contributed by atoms with Gasteiger partial charge >= 0.3 is 0 Å². The fraction of sp³-hybridized carbons (Fsp3) is 0.611. The van der Waals surface area contributed by atoms with Crippen molar-refractivity contribution in [1.82, 2.24) is 15.2 Å². The van der Waals surface area contributed by atoms with E-state index in [1.54, 1.807) is 4.90 Å². The molecule has 3 rings (SSSR count). The summed E-state index contributed by atoms with van der Waals surface area (Å²) in [5.74, 6) is -0.282. The Balaban J connectivity index is 1.69. The molecule has 1 saturated heterocycles. The van der Waals surface area contributed by atoms with Crippen LogP contribution in [0, 0.1) is 11.7 Å². The van der Waals surface area contributed by atoms with Gasteiger partial charge in [0.2, 0.25) is 11.8 Å². The smallest absolute Gasteiger partial charge is 0.242 e. The SMILES string of the molecule is O=C1NCCN(C(=O)Cc2ncccc2F)C1CC1CCCCC1. The summed E-state index contributed by atoms with van der Waals surface area (Å²) in [5.41, 5.74) is 0.143. The van der Waals surface area contributed by atoms with Crippen molar-refractivity contribution in [3.05, 3.63) is 29.8 Å². The van der Waals surface area contributed by atoms with Crippen LogP contribution in [0.4, 0.5) is 4.39 Å². The number of amides is 2. The molecular formula is C18H24FN3O2. The Morgan fingerprint density at radius 3 is 2.88 bits per heavy atom. The van der Waals surface area contributed by atoms with Gasteiger partial charge in [-0.3, -0.25) is 14.6 Å². The van der Waals surface area contributed by atoms with Crippen molar-refractivity contribution in [2.75, 3.05) is 13.1 Å². The number of nitrogens with one attached hydrogen (secondary N) is 1. The Morgan fingerprint density at radius 1 is 1.33 bits per heavy atom. The molecule has 1 saturated carbocycles. The minimum Gasteiger partial charge on any atom is -0.353 e. The predicted molar refractivity (Wildman–Crippen MR) is 87.6 cm³/mol. The summed E-state index contributed by atoms with van der Waals surface area (Å²) in [7, 11) is 0. The Kier molecular flexibility index (Phi) is 5.43. The van der Waals surface area contributed by atoms with Crippen LogP contribution >= 0.6 is 0 Å². The van der Waals surface area contributed by atoms with E-state index in [2.05, 4.69) is 10.3 Å². The van der Waals surface area contributed by atoms with Crippen LogP contribution in [0.3, 0.4) is 0 Å². The molecule has 0 bridgehead atoms. The van der Waals surface area contributed by atoms with Crippen molar-refractivity contribution in [2.45, 2.75) is 51.0 Å². The third-order valence-corrected chi connectivity index (χ3v) is 5.09. The van der Waals surface area contributed by atoms with Crippen molar-refractivity contribution in [3.63, 3.8) is 0 Å². The largest absolute Gasteiger partial charge is 0.353 e. The molecule has 2 fully saturated rings. The maximum absolute atomic E-state index is 13.8. The number of aromatic nitrogens is 1. The molecule has 2 heterocycles. The van der Waals surface area contributed by atoms with Gasteiger partial charge < -0.3 is 10.2 Å². The summed E-state index contributed by atoms with van der Waals surface area (Å²) in [6.45, 7) is 0.937. The van der Waals surface area contributed by atoms with E-state index in [4.69, 9.17) is 0 Å². The van der Waals surface area contributed by atoms with E-state index < -0.39 is 11.9 Å². The lowest BCUT2D eigenvalue weighted by Gasteiger charge is -2.37. The van der Waals surface area contributed by atoms with Crippen molar-refractivity contribution in [2.24, 2.45) is 5.92 Å². The van der Waals surface area contributed by atoms with Crippen LogP contribution in [0.2, 0.25) is 0 Å². The molecule has 24 heavy (non-hydrogen) atoms. The van der Waals surface area contributed by atoms with Gasteiger partial charge in [-0.05, 0) is 24.5 Å². The van der Waals surface area contributed by atoms with Crippen molar-refractivity contribution in [3.8, 4) is 0 Å². The van der Waals surface area contributed by atoms with Gasteiger partial charge in [-0.25, -0.2) is 4.39 Å². The third-order valence-electron chi connectivity index (χ3n) is 5.09. The second-order valence-electron chi connectivity index (χ2n) is 6.74.